The van der Waals surface area contributed by atoms with Crippen molar-refractivity contribution in [1.29, 1.82) is 0 Å². The summed E-state index contributed by atoms with van der Waals surface area (Å²) in [5.41, 5.74) is 1.91. The van der Waals surface area contributed by atoms with Gasteiger partial charge in [-0.1, -0.05) is 48.0 Å². The molecule has 0 saturated carbocycles. The largest absolute Gasteiger partial charge is 0.462 e. The van der Waals surface area contributed by atoms with E-state index in [2.05, 4.69) is 5.32 Å². The number of rotatable bonds is 6. The molecule has 0 unspecified atom stereocenters. The van der Waals surface area contributed by atoms with Crippen LogP contribution in [0.2, 0.25) is 5.02 Å². The number of anilines is 1. The standard InChI is InChI=1S/C22H17ClFNO3S/c1-2-28-22(27)20-16(14-7-4-3-5-8-14)13-29-21(20)25-19(26)12-11-15-17(23)9-6-10-18(15)24/h3-13H,2H2,1H3,(H,25,26). The van der Waals surface area contributed by atoms with Crippen molar-refractivity contribution < 1.29 is 18.7 Å². The molecule has 3 rings (SSSR count). The van der Waals surface area contributed by atoms with Gasteiger partial charge in [-0.05, 0) is 30.7 Å². The van der Waals surface area contributed by atoms with E-state index in [0.717, 1.165) is 5.56 Å². The van der Waals surface area contributed by atoms with Crippen LogP contribution >= 0.6 is 22.9 Å². The van der Waals surface area contributed by atoms with Gasteiger partial charge in [0, 0.05) is 22.6 Å². The molecule has 7 heteroatoms. The van der Waals surface area contributed by atoms with E-state index in [9.17, 15) is 14.0 Å². The molecule has 1 aromatic heterocycles. The van der Waals surface area contributed by atoms with Crippen molar-refractivity contribution in [2.45, 2.75) is 6.92 Å². The van der Waals surface area contributed by atoms with E-state index >= 15 is 0 Å². The number of halogens is 2. The van der Waals surface area contributed by atoms with E-state index in [0.29, 0.717) is 10.6 Å². The molecule has 148 valence electrons. The smallest absolute Gasteiger partial charge is 0.341 e. The number of amides is 1. The Bertz CT molecular complexity index is 1040. The monoisotopic (exact) mass is 429 g/mol. The van der Waals surface area contributed by atoms with Crippen LogP contribution in [0.4, 0.5) is 9.39 Å². The van der Waals surface area contributed by atoms with Crippen molar-refractivity contribution in [3.8, 4) is 11.1 Å². The van der Waals surface area contributed by atoms with Gasteiger partial charge in [-0.3, -0.25) is 4.79 Å². The number of thiophene rings is 1. The average molecular weight is 430 g/mol. The number of carbonyl (C=O) groups excluding carboxylic acids is 2. The molecule has 2 aromatic carbocycles. The summed E-state index contributed by atoms with van der Waals surface area (Å²) < 4.78 is 19.0. The fraction of sp³-hybridized carbons (Fsp3) is 0.0909. The van der Waals surface area contributed by atoms with Crippen LogP contribution in [0, 0.1) is 5.82 Å². The van der Waals surface area contributed by atoms with Crippen LogP contribution in [0.5, 0.6) is 0 Å². The summed E-state index contributed by atoms with van der Waals surface area (Å²) in [5, 5.41) is 5.02. The Morgan fingerprint density at radius 3 is 2.62 bits per heavy atom. The SMILES string of the molecule is CCOC(=O)c1c(-c2ccccc2)csc1NC(=O)C=Cc1c(F)cccc1Cl. The first kappa shape index (κ1) is 20.8. The van der Waals surface area contributed by atoms with Crippen molar-refractivity contribution in [3.05, 3.63) is 82.0 Å². The highest BCUT2D eigenvalue weighted by molar-refractivity contribution is 7.15. The maximum absolute atomic E-state index is 13.8. The lowest BCUT2D eigenvalue weighted by atomic mass is 10.0. The van der Waals surface area contributed by atoms with Crippen LogP contribution in [0.15, 0.2) is 60.0 Å². The third-order valence-corrected chi connectivity index (χ3v) is 5.22. The predicted octanol–water partition coefficient (Wildman–Crippen LogP) is 6.04. The fourth-order valence-corrected chi connectivity index (χ4v) is 3.85. The lowest BCUT2D eigenvalue weighted by molar-refractivity contribution is -0.111. The Balaban J connectivity index is 1.88. The van der Waals surface area contributed by atoms with Gasteiger partial charge in [-0.2, -0.15) is 0 Å². The maximum Gasteiger partial charge on any atom is 0.341 e. The van der Waals surface area contributed by atoms with Gasteiger partial charge in [0.15, 0.2) is 0 Å². The quantitative estimate of drug-likeness (QED) is 0.384. The summed E-state index contributed by atoms with van der Waals surface area (Å²) in [4.78, 5) is 24.9. The lowest BCUT2D eigenvalue weighted by Gasteiger charge is -2.08. The number of hydrogen-bond donors (Lipinski definition) is 1. The molecular weight excluding hydrogens is 413 g/mol. The second-order valence-electron chi connectivity index (χ2n) is 5.90. The third-order valence-electron chi connectivity index (χ3n) is 3.99. The van der Waals surface area contributed by atoms with Crippen LogP contribution < -0.4 is 5.32 Å². The third kappa shape index (κ3) is 4.91. The molecule has 0 aliphatic heterocycles. The fourth-order valence-electron chi connectivity index (χ4n) is 2.67. The van der Waals surface area contributed by atoms with Crippen LogP contribution in [-0.4, -0.2) is 18.5 Å². The van der Waals surface area contributed by atoms with Gasteiger partial charge in [0.25, 0.3) is 0 Å². The van der Waals surface area contributed by atoms with E-state index < -0.39 is 17.7 Å². The molecule has 0 radical (unpaired) electrons. The Morgan fingerprint density at radius 2 is 1.93 bits per heavy atom. The second kappa shape index (κ2) is 9.49. The number of ether oxygens (including phenoxy) is 1. The molecule has 1 heterocycles. The summed E-state index contributed by atoms with van der Waals surface area (Å²) in [7, 11) is 0. The Hall–Kier alpha value is -2.96. The van der Waals surface area contributed by atoms with E-state index in [1.807, 2.05) is 30.3 Å². The zero-order chi connectivity index (χ0) is 20.8. The molecule has 0 bridgehead atoms. The molecule has 0 atom stereocenters. The lowest BCUT2D eigenvalue weighted by Crippen LogP contribution is -2.12. The number of esters is 1. The number of hydrogen-bond acceptors (Lipinski definition) is 4. The first-order valence-corrected chi connectivity index (χ1v) is 10.0. The molecule has 1 N–H and O–H groups in total. The van der Waals surface area contributed by atoms with Crippen LogP contribution in [0.1, 0.15) is 22.8 Å². The minimum Gasteiger partial charge on any atom is -0.462 e. The molecule has 0 saturated heterocycles. The van der Waals surface area contributed by atoms with Gasteiger partial charge >= 0.3 is 5.97 Å². The van der Waals surface area contributed by atoms with Crippen LogP contribution in [0.3, 0.4) is 0 Å². The Morgan fingerprint density at radius 1 is 1.17 bits per heavy atom. The van der Waals surface area contributed by atoms with Crippen LogP contribution in [0.25, 0.3) is 17.2 Å². The van der Waals surface area contributed by atoms with E-state index in [1.54, 1.807) is 12.3 Å². The van der Waals surface area contributed by atoms with Gasteiger partial charge in [-0.25, -0.2) is 9.18 Å². The molecule has 0 fully saturated rings. The highest BCUT2D eigenvalue weighted by Gasteiger charge is 2.22. The summed E-state index contributed by atoms with van der Waals surface area (Å²) in [5.74, 6) is -1.57. The maximum atomic E-state index is 13.8. The van der Waals surface area contributed by atoms with E-state index in [4.69, 9.17) is 16.3 Å². The van der Waals surface area contributed by atoms with Gasteiger partial charge in [0.05, 0.1) is 11.6 Å². The molecule has 0 aliphatic carbocycles. The van der Waals surface area contributed by atoms with E-state index in [1.165, 1.54) is 41.7 Å². The molecule has 29 heavy (non-hydrogen) atoms. The van der Waals surface area contributed by atoms with Crippen molar-refractivity contribution in [1.82, 2.24) is 0 Å². The van der Waals surface area contributed by atoms with Crippen molar-refractivity contribution in [3.63, 3.8) is 0 Å². The van der Waals surface area contributed by atoms with E-state index in [-0.39, 0.29) is 22.8 Å². The molecule has 0 aliphatic rings. The average Bonchev–Trinajstić information content (AvgIpc) is 3.12. The van der Waals surface area contributed by atoms with Crippen molar-refractivity contribution in [2.75, 3.05) is 11.9 Å². The molecule has 3 aromatic rings. The Kier molecular flexibility index (Phi) is 6.80. The summed E-state index contributed by atoms with van der Waals surface area (Å²) in [6.07, 6.45) is 2.46. The molecule has 0 spiro atoms. The summed E-state index contributed by atoms with van der Waals surface area (Å²) in [6, 6.07) is 13.6. The second-order valence-corrected chi connectivity index (χ2v) is 7.18. The summed E-state index contributed by atoms with van der Waals surface area (Å²) in [6.45, 7) is 1.92. The van der Waals surface area contributed by atoms with Gasteiger partial charge in [0.2, 0.25) is 5.91 Å². The van der Waals surface area contributed by atoms with Crippen molar-refractivity contribution in [2.24, 2.45) is 0 Å². The van der Waals surface area contributed by atoms with Crippen molar-refractivity contribution >= 4 is 45.9 Å². The number of benzene rings is 2. The zero-order valence-corrected chi connectivity index (χ0v) is 17.0. The number of nitrogens with one attached hydrogen (secondary N) is 1. The minimum absolute atomic E-state index is 0.117. The first-order chi connectivity index (χ1) is 14.0. The van der Waals surface area contributed by atoms with Gasteiger partial charge in [0.1, 0.15) is 16.4 Å². The predicted molar refractivity (Wildman–Crippen MR) is 115 cm³/mol. The molecular formula is C22H17ClFNO3S. The minimum atomic E-state index is -0.531. The molecule has 4 nitrogen and oxygen atoms in total. The number of carbonyl (C=O) groups is 2. The molecule has 1 amide bonds. The summed E-state index contributed by atoms with van der Waals surface area (Å²) >= 11 is 7.18. The highest BCUT2D eigenvalue weighted by Crippen LogP contribution is 2.36. The first-order valence-electron chi connectivity index (χ1n) is 8.78. The highest BCUT2D eigenvalue weighted by atomic mass is 35.5. The zero-order valence-electron chi connectivity index (χ0n) is 15.4. The van der Waals surface area contributed by atoms with Crippen LogP contribution in [-0.2, 0) is 9.53 Å². The topological polar surface area (TPSA) is 55.4 Å². The normalized spacial score (nSPS) is 10.9. The Labute approximate surface area is 176 Å². The van der Waals surface area contributed by atoms with Gasteiger partial charge < -0.3 is 10.1 Å². The van der Waals surface area contributed by atoms with Gasteiger partial charge in [-0.15, -0.1) is 11.3 Å².